The smallest absolute Gasteiger partial charge is 0.293 e. The van der Waals surface area contributed by atoms with Crippen molar-refractivity contribution in [3.63, 3.8) is 0 Å². The summed E-state index contributed by atoms with van der Waals surface area (Å²) in [6.07, 6.45) is 0. The molecule has 0 aliphatic rings. The largest absolute Gasteiger partial charge is 0.341 e. The highest BCUT2D eigenvalue weighted by Gasteiger charge is 2.17. The van der Waals surface area contributed by atoms with Crippen molar-refractivity contribution >= 4 is 31.6 Å². The number of benzene rings is 2. The summed E-state index contributed by atoms with van der Waals surface area (Å²) in [5.41, 5.74) is 1.57. The van der Waals surface area contributed by atoms with Gasteiger partial charge in [-0.3, -0.25) is 14.9 Å². The van der Waals surface area contributed by atoms with E-state index in [1.807, 2.05) is 30.3 Å². The second kappa shape index (κ2) is 6.57. The maximum absolute atomic E-state index is 12.0. The van der Waals surface area contributed by atoms with Crippen LogP contribution in [-0.2, 0) is 10.9 Å². The van der Waals surface area contributed by atoms with E-state index in [0.717, 1.165) is 5.56 Å². The van der Waals surface area contributed by atoms with Gasteiger partial charge in [0.05, 0.1) is 9.13 Å². The van der Waals surface area contributed by atoms with Crippen LogP contribution in [0, 0.1) is 3.57 Å². The second-order valence-electron chi connectivity index (χ2n) is 4.29. The maximum atomic E-state index is 12.0. The van der Waals surface area contributed by atoms with Crippen molar-refractivity contribution < 1.29 is 15.7 Å². The summed E-state index contributed by atoms with van der Waals surface area (Å²) in [6, 6.07) is 13.8. The van der Waals surface area contributed by atoms with E-state index in [1.54, 1.807) is 6.07 Å². The van der Waals surface area contributed by atoms with Crippen LogP contribution in [0.3, 0.4) is 0 Å². The van der Waals surface area contributed by atoms with Crippen molar-refractivity contribution in [2.45, 2.75) is 6.92 Å². The molecule has 0 saturated heterocycles. The van der Waals surface area contributed by atoms with Gasteiger partial charge in [0.1, 0.15) is 0 Å². The lowest BCUT2D eigenvalue weighted by atomic mass is 10.0. The molecule has 0 heterocycles. The lowest BCUT2D eigenvalue weighted by Crippen LogP contribution is -2.28. The zero-order chi connectivity index (χ0) is 15.4. The monoisotopic (exact) mass is 397 g/mol. The Kier molecular flexibility index (Phi) is 4.79. The molecule has 2 aromatic carbocycles. The van der Waals surface area contributed by atoms with Gasteiger partial charge in [0, 0.05) is 6.92 Å². The van der Waals surface area contributed by atoms with Gasteiger partial charge in [0.25, 0.3) is 5.91 Å². The van der Waals surface area contributed by atoms with Crippen molar-refractivity contribution in [3.05, 3.63) is 57.7 Å². The van der Waals surface area contributed by atoms with Gasteiger partial charge >= 0.3 is 19.8 Å². The number of halogens is 1. The number of hydrogen-bond acceptors (Lipinski definition) is 4. The van der Waals surface area contributed by atoms with Gasteiger partial charge in [-0.25, -0.2) is 6.14 Å². The minimum Gasteiger partial charge on any atom is -0.293 e. The Morgan fingerprint density at radius 1 is 0.952 bits per heavy atom. The quantitative estimate of drug-likeness (QED) is 0.808. The molecule has 0 unspecified atom stereocenters. The maximum Gasteiger partial charge on any atom is 0.341 e. The average Bonchev–Trinajstić information content (AvgIpc) is 2.46. The van der Waals surface area contributed by atoms with Crippen molar-refractivity contribution in [3.8, 4) is 11.1 Å². The highest BCUT2D eigenvalue weighted by Crippen LogP contribution is 2.27. The third kappa shape index (κ3) is 3.72. The molecule has 0 spiro atoms. The summed E-state index contributed by atoms with van der Waals surface area (Å²) in [7, 11) is 0. The summed E-state index contributed by atoms with van der Waals surface area (Å²) < 4.78 is 22.6. The molecule has 108 valence electrons. The third-order valence-electron chi connectivity index (χ3n) is 2.77. The fourth-order valence-corrected chi connectivity index (χ4v) is 3.22. The van der Waals surface area contributed by atoms with E-state index in [1.165, 1.54) is 19.1 Å². The first-order valence-corrected chi connectivity index (χ1v) is 8.89. The van der Waals surface area contributed by atoms with Crippen LogP contribution in [0.4, 0.5) is 0 Å². The zero-order valence-corrected chi connectivity index (χ0v) is 13.3. The third-order valence-corrected chi connectivity index (χ3v) is 4.66. The lowest BCUT2D eigenvalue weighted by molar-refractivity contribution is -0.118. The summed E-state index contributed by atoms with van der Waals surface area (Å²) in [4.78, 5) is 23.0. The summed E-state index contributed by atoms with van der Waals surface area (Å²) >= 11 is -3.83. The predicted molar refractivity (Wildman–Crippen MR) is 84.1 cm³/mol. The van der Waals surface area contributed by atoms with Gasteiger partial charge < -0.3 is 0 Å². The molecule has 0 bridgehead atoms. The first kappa shape index (κ1) is 15.3. The summed E-state index contributed by atoms with van der Waals surface area (Å²) in [5.74, 6) is -1.24. The predicted octanol–water partition coefficient (Wildman–Crippen LogP) is 3.00. The Labute approximate surface area is 128 Å². The number of rotatable bonds is 3. The summed E-state index contributed by atoms with van der Waals surface area (Å²) in [6.45, 7) is 1.20. The van der Waals surface area contributed by atoms with Crippen LogP contribution in [0.5, 0.6) is 0 Å². The molecule has 21 heavy (non-hydrogen) atoms. The molecule has 0 aromatic heterocycles. The van der Waals surface area contributed by atoms with Gasteiger partial charge in [-0.2, -0.15) is 0 Å². The minimum atomic E-state index is -3.83. The molecule has 6 heteroatoms. The fraction of sp³-hybridized carbons (Fsp3) is 0.0667. The van der Waals surface area contributed by atoms with E-state index < -0.39 is 31.6 Å². The van der Waals surface area contributed by atoms with Crippen molar-refractivity contribution in [1.29, 1.82) is 0 Å². The summed E-state index contributed by atoms with van der Waals surface area (Å²) in [5, 5.41) is 2.10. The molecule has 2 rings (SSSR count). The zero-order valence-electron chi connectivity index (χ0n) is 11.1. The number of imide groups is 1. The van der Waals surface area contributed by atoms with Crippen molar-refractivity contribution in [2.75, 3.05) is 0 Å². The molecule has 0 fully saturated rings. The number of amides is 2. The number of nitrogens with one attached hydrogen (secondary N) is 1. The molecule has 0 aliphatic heterocycles. The standard InChI is InChI=1S/C15H12INO4/c1-10(18)17-15(19)13-9-12(7-8-14(13)16(20)21)11-5-3-2-4-6-11/h2-9H,1H3,(H,17,18,19). The fourth-order valence-electron chi connectivity index (χ4n) is 1.87. The van der Waals surface area contributed by atoms with Crippen LogP contribution in [0.1, 0.15) is 17.3 Å². The van der Waals surface area contributed by atoms with Gasteiger partial charge in [-0.1, -0.05) is 36.4 Å². The normalized spacial score (nSPS) is 10.4. The van der Waals surface area contributed by atoms with Crippen LogP contribution >= 0.6 is 19.8 Å². The topological polar surface area (TPSA) is 80.3 Å². The average molecular weight is 397 g/mol. The minimum absolute atomic E-state index is 0.00162. The highest BCUT2D eigenvalue weighted by atomic mass is 127. The number of carbonyl (C=O) groups excluding carboxylic acids is 2. The van der Waals surface area contributed by atoms with Gasteiger partial charge in [0.15, 0.2) is 0 Å². The SMILES string of the molecule is CC(=O)NC(=O)c1cc(-c2ccccc2)ccc1I(=O)=O. The van der Waals surface area contributed by atoms with E-state index in [4.69, 9.17) is 0 Å². The molecule has 5 nitrogen and oxygen atoms in total. The van der Waals surface area contributed by atoms with Gasteiger partial charge in [-0.05, 0) is 23.3 Å². The molecule has 2 aromatic rings. The molecular formula is C15H12INO4. The van der Waals surface area contributed by atoms with Crippen molar-refractivity contribution in [1.82, 2.24) is 5.32 Å². The van der Waals surface area contributed by atoms with Crippen LogP contribution in [-0.4, -0.2) is 11.8 Å². The van der Waals surface area contributed by atoms with E-state index in [-0.39, 0.29) is 9.13 Å². The van der Waals surface area contributed by atoms with Crippen LogP contribution in [0.25, 0.3) is 11.1 Å². The molecule has 0 saturated carbocycles. The molecule has 0 aliphatic carbocycles. The second-order valence-corrected chi connectivity index (χ2v) is 6.69. The first-order valence-electron chi connectivity index (χ1n) is 6.05. The Morgan fingerprint density at radius 2 is 1.62 bits per heavy atom. The van der Waals surface area contributed by atoms with Gasteiger partial charge in [0.2, 0.25) is 5.91 Å². The highest BCUT2D eigenvalue weighted by molar-refractivity contribution is 14.2. The Morgan fingerprint density at radius 3 is 2.19 bits per heavy atom. The van der Waals surface area contributed by atoms with E-state index in [9.17, 15) is 15.7 Å². The Bertz CT molecular complexity index is 758. The lowest BCUT2D eigenvalue weighted by Gasteiger charge is -2.07. The Hall–Kier alpha value is -2.09. The van der Waals surface area contributed by atoms with Gasteiger partial charge in [-0.15, -0.1) is 0 Å². The van der Waals surface area contributed by atoms with E-state index >= 15 is 0 Å². The van der Waals surface area contributed by atoms with Crippen LogP contribution in [0.15, 0.2) is 48.5 Å². The molecule has 1 N–H and O–H groups in total. The molecular weight excluding hydrogens is 385 g/mol. The van der Waals surface area contributed by atoms with E-state index in [2.05, 4.69) is 5.32 Å². The molecule has 0 atom stereocenters. The first-order chi connectivity index (χ1) is 9.99. The molecule has 0 radical (unpaired) electrons. The molecule has 2 amide bonds. The van der Waals surface area contributed by atoms with Crippen LogP contribution in [0.2, 0.25) is 0 Å². The Balaban J connectivity index is 2.54. The van der Waals surface area contributed by atoms with Crippen molar-refractivity contribution in [2.24, 2.45) is 0 Å². The number of carbonyl (C=O) groups is 2. The van der Waals surface area contributed by atoms with Crippen LogP contribution < -0.4 is 5.32 Å². The van der Waals surface area contributed by atoms with E-state index in [0.29, 0.717) is 5.56 Å². The number of hydrogen-bond donors (Lipinski definition) is 1.